The average Bonchev–Trinajstić information content (AvgIpc) is 2.25. The monoisotopic (exact) mass is 218 g/mol. The third-order valence-corrected chi connectivity index (χ3v) is 2.37. The number of para-hydroxylation sites is 1. The second kappa shape index (κ2) is 3.69. The second-order valence-corrected chi connectivity index (χ2v) is 3.41. The van der Waals surface area contributed by atoms with Crippen molar-refractivity contribution in [1.29, 1.82) is 0 Å². The van der Waals surface area contributed by atoms with Gasteiger partial charge >= 0.3 is 6.09 Å². The highest BCUT2D eigenvalue weighted by Crippen LogP contribution is 2.14. The fraction of sp³-hybridized carbons (Fsp3) is 0.0909. The third-order valence-electron chi connectivity index (χ3n) is 2.37. The molecule has 0 aliphatic rings. The average molecular weight is 218 g/mol. The van der Waals surface area contributed by atoms with E-state index >= 15 is 0 Å². The lowest BCUT2D eigenvalue weighted by molar-refractivity contribution is 0.209. The number of benzene rings is 1. The van der Waals surface area contributed by atoms with Crippen molar-refractivity contribution in [3.63, 3.8) is 0 Å². The zero-order chi connectivity index (χ0) is 11.7. The molecule has 0 fully saturated rings. The Balaban J connectivity index is 2.74. The molecule has 1 heterocycles. The molecule has 0 atom stereocenters. The first kappa shape index (κ1) is 10.2. The molecule has 0 aliphatic carbocycles. The summed E-state index contributed by atoms with van der Waals surface area (Å²) in [5.41, 5.74) is 0.471. The number of aryl methyl sites for hydroxylation is 1. The predicted octanol–water partition coefficient (Wildman–Crippen LogP) is 1.63. The number of carbonyl (C=O) groups is 1. The summed E-state index contributed by atoms with van der Waals surface area (Å²) in [5, 5.41) is 11.5. The lowest BCUT2D eigenvalue weighted by Gasteiger charge is -2.07. The van der Waals surface area contributed by atoms with Crippen LogP contribution < -0.4 is 10.9 Å². The number of hydrogen-bond donors (Lipinski definition) is 2. The van der Waals surface area contributed by atoms with Gasteiger partial charge in [-0.05, 0) is 12.1 Å². The van der Waals surface area contributed by atoms with Crippen LogP contribution in [-0.2, 0) is 7.05 Å². The zero-order valence-electron chi connectivity index (χ0n) is 8.60. The van der Waals surface area contributed by atoms with Gasteiger partial charge in [-0.2, -0.15) is 0 Å². The molecule has 5 heteroatoms. The fourth-order valence-electron chi connectivity index (χ4n) is 1.63. The minimum atomic E-state index is -1.24. The lowest BCUT2D eigenvalue weighted by Crippen LogP contribution is -2.23. The molecule has 0 aliphatic heterocycles. The normalized spacial score (nSPS) is 10.3. The van der Waals surface area contributed by atoms with Crippen molar-refractivity contribution in [1.82, 2.24) is 4.57 Å². The summed E-state index contributed by atoms with van der Waals surface area (Å²) in [7, 11) is 1.61. The van der Waals surface area contributed by atoms with Gasteiger partial charge in [0.25, 0.3) is 5.56 Å². The molecule has 0 unspecified atom stereocenters. The molecule has 0 spiro atoms. The minimum Gasteiger partial charge on any atom is -0.465 e. The Morgan fingerprint density at radius 3 is 2.75 bits per heavy atom. The molecule has 0 saturated carbocycles. The van der Waals surface area contributed by atoms with E-state index < -0.39 is 6.09 Å². The van der Waals surface area contributed by atoms with E-state index in [1.165, 1.54) is 10.6 Å². The highest BCUT2D eigenvalue weighted by atomic mass is 16.4. The van der Waals surface area contributed by atoms with Gasteiger partial charge in [-0.15, -0.1) is 0 Å². The van der Waals surface area contributed by atoms with Gasteiger partial charge in [-0.1, -0.05) is 18.2 Å². The van der Waals surface area contributed by atoms with Crippen LogP contribution in [0.1, 0.15) is 0 Å². The SMILES string of the molecule is Cn1c(=O)c(NC(=O)O)cc2ccccc21. The Labute approximate surface area is 90.9 Å². The largest absolute Gasteiger partial charge is 0.465 e. The summed E-state index contributed by atoms with van der Waals surface area (Å²) in [6, 6.07) is 8.82. The molecule has 5 nitrogen and oxygen atoms in total. The molecule has 1 aromatic carbocycles. The van der Waals surface area contributed by atoms with Crippen molar-refractivity contribution >= 4 is 22.7 Å². The molecular formula is C11H10N2O3. The van der Waals surface area contributed by atoms with Crippen molar-refractivity contribution in [2.24, 2.45) is 7.05 Å². The van der Waals surface area contributed by atoms with Crippen molar-refractivity contribution in [2.45, 2.75) is 0 Å². The van der Waals surface area contributed by atoms with E-state index in [0.717, 1.165) is 10.9 Å². The molecule has 2 aromatic rings. The first-order valence-electron chi connectivity index (χ1n) is 4.68. The summed E-state index contributed by atoms with van der Waals surface area (Å²) in [6.45, 7) is 0. The number of nitrogens with one attached hydrogen (secondary N) is 1. The van der Waals surface area contributed by atoms with Crippen LogP contribution in [0.25, 0.3) is 10.9 Å². The Kier molecular flexibility index (Phi) is 2.36. The molecule has 2 rings (SSSR count). The van der Waals surface area contributed by atoms with Gasteiger partial charge in [0.1, 0.15) is 5.69 Å². The maximum Gasteiger partial charge on any atom is 0.409 e. The zero-order valence-corrected chi connectivity index (χ0v) is 8.60. The van der Waals surface area contributed by atoms with Crippen LogP contribution in [0.15, 0.2) is 35.1 Å². The van der Waals surface area contributed by atoms with E-state index in [4.69, 9.17) is 5.11 Å². The quantitative estimate of drug-likeness (QED) is 0.764. The summed E-state index contributed by atoms with van der Waals surface area (Å²) in [4.78, 5) is 22.3. The Hall–Kier alpha value is -2.30. The van der Waals surface area contributed by atoms with Gasteiger partial charge in [0.05, 0.1) is 5.52 Å². The minimum absolute atomic E-state index is 0.0636. The Morgan fingerprint density at radius 1 is 1.38 bits per heavy atom. The van der Waals surface area contributed by atoms with Crippen molar-refractivity contribution < 1.29 is 9.90 Å². The van der Waals surface area contributed by atoms with E-state index in [9.17, 15) is 9.59 Å². The molecular weight excluding hydrogens is 208 g/mol. The maximum absolute atomic E-state index is 11.8. The molecule has 1 amide bonds. The Morgan fingerprint density at radius 2 is 2.06 bits per heavy atom. The van der Waals surface area contributed by atoms with Gasteiger partial charge < -0.3 is 9.67 Å². The topological polar surface area (TPSA) is 71.3 Å². The van der Waals surface area contributed by atoms with Gasteiger partial charge in [-0.25, -0.2) is 4.79 Å². The van der Waals surface area contributed by atoms with Crippen LogP contribution in [0.4, 0.5) is 10.5 Å². The molecule has 0 bridgehead atoms. The van der Waals surface area contributed by atoms with E-state index in [1.54, 1.807) is 13.1 Å². The number of amides is 1. The first-order chi connectivity index (χ1) is 7.59. The van der Waals surface area contributed by atoms with E-state index in [0.29, 0.717) is 0 Å². The van der Waals surface area contributed by atoms with Gasteiger partial charge in [0.2, 0.25) is 0 Å². The van der Waals surface area contributed by atoms with Crippen LogP contribution >= 0.6 is 0 Å². The standard InChI is InChI=1S/C11H10N2O3/c1-13-9-5-3-2-4-7(9)6-8(10(13)14)12-11(15)16/h2-6,12H,1H3,(H,15,16). The maximum atomic E-state index is 11.8. The summed E-state index contributed by atoms with van der Waals surface area (Å²) < 4.78 is 1.42. The van der Waals surface area contributed by atoms with Gasteiger partial charge in [-0.3, -0.25) is 10.1 Å². The number of fused-ring (bicyclic) bond motifs is 1. The third kappa shape index (κ3) is 1.63. The summed E-state index contributed by atoms with van der Waals surface area (Å²) in [6.07, 6.45) is -1.24. The molecule has 2 N–H and O–H groups in total. The number of aromatic nitrogens is 1. The number of rotatable bonds is 1. The van der Waals surface area contributed by atoms with Gasteiger partial charge in [0.15, 0.2) is 0 Å². The van der Waals surface area contributed by atoms with E-state index in [2.05, 4.69) is 5.32 Å². The number of hydrogen-bond acceptors (Lipinski definition) is 2. The van der Waals surface area contributed by atoms with Crippen molar-refractivity contribution in [2.75, 3.05) is 5.32 Å². The summed E-state index contributed by atoms with van der Waals surface area (Å²) >= 11 is 0. The van der Waals surface area contributed by atoms with Crippen LogP contribution in [0, 0.1) is 0 Å². The number of carboxylic acid groups (broad SMARTS) is 1. The Bertz CT molecular complexity index is 616. The van der Waals surface area contributed by atoms with Crippen LogP contribution in [0.3, 0.4) is 0 Å². The van der Waals surface area contributed by atoms with Crippen molar-refractivity contribution in [3.05, 3.63) is 40.7 Å². The van der Waals surface area contributed by atoms with Crippen molar-refractivity contribution in [3.8, 4) is 0 Å². The highest BCUT2D eigenvalue weighted by molar-refractivity contribution is 5.88. The fourth-order valence-corrected chi connectivity index (χ4v) is 1.63. The summed E-state index contributed by atoms with van der Waals surface area (Å²) in [5.74, 6) is 0. The van der Waals surface area contributed by atoms with Crippen LogP contribution in [0.2, 0.25) is 0 Å². The smallest absolute Gasteiger partial charge is 0.409 e. The molecule has 1 aromatic heterocycles. The van der Waals surface area contributed by atoms with E-state index in [1.807, 2.05) is 18.2 Å². The van der Waals surface area contributed by atoms with Crippen LogP contribution in [-0.4, -0.2) is 15.8 Å². The van der Waals surface area contributed by atoms with Crippen LogP contribution in [0.5, 0.6) is 0 Å². The first-order valence-corrected chi connectivity index (χ1v) is 4.68. The number of nitrogens with zero attached hydrogens (tertiary/aromatic N) is 1. The lowest BCUT2D eigenvalue weighted by atomic mass is 10.2. The highest BCUT2D eigenvalue weighted by Gasteiger charge is 2.07. The number of anilines is 1. The molecule has 82 valence electrons. The molecule has 0 radical (unpaired) electrons. The predicted molar refractivity (Wildman–Crippen MR) is 60.8 cm³/mol. The van der Waals surface area contributed by atoms with Gasteiger partial charge in [0, 0.05) is 12.4 Å². The molecule has 16 heavy (non-hydrogen) atoms. The number of pyridine rings is 1. The molecule has 0 saturated heterocycles. The second-order valence-electron chi connectivity index (χ2n) is 3.41. The van der Waals surface area contributed by atoms with E-state index in [-0.39, 0.29) is 11.2 Å².